The Balaban J connectivity index is 3.16. The minimum Gasteiger partial charge on any atom is -0.497 e. The maximum Gasteiger partial charge on any atom is 0.418 e. The number of methoxy groups -OCH3 is 1. The number of benzene rings is 1. The predicted octanol–water partition coefficient (Wildman–Crippen LogP) is 3.92. The van der Waals surface area contributed by atoms with Crippen LogP contribution in [-0.4, -0.2) is 18.9 Å². The van der Waals surface area contributed by atoms with E-state index >= 15 is 0 Å². The Morgan fingerprint density at radius 2 is 1.95 bits per heavy atom. The number of ether oxygens (including phenoxy) is 1. The minimum absolute atomic E-state index is 0.00363. The van der Waals surface area contributed by atoms with Crippen LogP contribution in [0.5, 0.6) is 5.75 Å². The number of hydrogen-bond donors (Lipinski definition) is 1. The van der Waals surface area contributed by atoms with E-state index in [9.17, 15) is 18.0 Å². The van der Waals surface area contributed by atoms with Crippen LogP contribution in [0, 0.1) is 5.41 Å². The molecule has 1 aromatic rings. The Labute approximate surface area is 120 Å². The van der Waals surface area contributed by atoms with E-state index in [0.29, 0.717) is 0 Å². The molecule has 1 N–H and O–H groups in total. The van der Waals surface area contributed by atoms with Crippen molar-refractivity contribution in [2.24, 2.45) is 5.41 Å². The first-order valence-electron chi connectivity index (χ1n) is 5.74. The molecule has 0 heterocycles. The summed E-state index contributed by atoms with van der Waals surface area (Å²) in [4.78, 5) is 11.9. The molecule has 1 aromatic carbocycles. The fraction of sp³-hybridized carbons (Fsp3) is 0.462. The summed E-state index contributed by atoms with van der Waals surface area (Å²) in [6, 6.07) is 3.34. The van der Waals surface area contributed by atoms with Crippen molar-refractivity contribution < 1.29 is 22.7 Å². The standard InChI is InChI=1S/C13H15ClF3NO2/c1-12(2,7-14)11(19)18-10-5-4-8(20-3)6-9(10)13(15,16)17/h4-6H,7H2,1-3H3,(H,18,19). The molecule has 0 radical (unpaired) electrons. The van der Waals surface area contributed by atoms with Gasteiger partial charge in [0, 0.05) is 5.88 Å². The Hall–Kier alpha value is -1.43. The van der Waals surface area contributed by atoms with E-state index in [1.165, 1.54) is 13.2 Å². The quantitative estimate of drug-likeness (QED) is 0.856. The number of anilines is 1. The lowest BCUT2D eigenvalue weighted by atomic mass is 9.95. The van der Waals surface area contributed by atoms with E-state index < -0.39 is 23.1 Å². The van der Waals surface area contributed by atoms with Gasteiger partial charge in [0.1, 0.15) is 5.75 Å². The van der Waals surface area contributed by atoms with Crippen LogP contribution in [0.1, 0.15) is 19.4 Å². The van der Waals surface area contributed by atoms with E-state index in [1.807, 2.05) is 0 Å². The van der Waals surface area contributed by atoms with Gasteiger partial charge in [-0.05, 0) is 32.0 Å². The summed E-state index contributed by atoms with van der Waals surface area (Å²) in [5, 5.41) is 2.26. The summed E-state index contributed by atoms with van der Waals surface area (Å²) < 4.78 is 43.6. The van der Waals surface area contributed by atoms with Gasteiger partial charge in [-0.15, -0.1) is 11.6 Å². The Morgan fingerprint density at radius 3 is 2.40 bits per heavy atom. The van der Waals surface area contributed by atoms with Gasteiger partial charge in [0.15, 0.2) is 0 Å². The molecule has 0 atom stereocenters. The summed E-state index contributed by atoms with van der Waals surface area (Å²) in [5.41, 5.74) is -2.25. The largest absolute Gasteiger partial charge is 0.497 e. The number of carbonyl (C=O) groups excluding carboxylic acids is 1. The van der Waals surface area contributed by atoms with Gasteiger partial charge in [-0.1, -0.05) is 0 Å². The van der Waals surface area contributed by atoms with Gasteiger partial charge in [0.25, 0.3) is 0 Å². The first-order valence-corrected chi connectivity index (χ1v) is 6.28. The van der Waals surface area contributed by atoms with Crippen LogP contribution in [-0.2, 0) is 11.0 Å². The van der Waals surface area contributed by atoms with Crippen molar-refractivity contribution in [2.45, 2.75) is 20.0 Å². The van der Waals surface area contributed by atoms with Crippen LogP contribution < -0.4 is 10.1 Å². The summed E-state index contributed by atoms with van der Waals surface area (Å²) in [6.45, 7) is 3.10. The average Bonchev–Trinajstić information content (AvgIpc) is 2.37. The molecule has 20 heavy (non-hydrogen) atoms. The zero-order chi connectivity index (χ0) is 15.6. The van der Waals surface area contributed by atoms with Crippen molar-refractivity contribution in [3.05, 3.63) is 23.8 Å². The average molecular weight is 310 g/mol. The molecular weight excluding hydrogens is 295 g/mol. The second-order valence-electron chi connectivity index (χ2n) is 4.88. The zero-order valence-electron chi connectivity index (χ0n) is 11.3. The number of halogens is 4. The molecule has 0 aliphatic heterocycles. The molecule has 0 spiro atoms. The van der Waals surface area contributed by atoms with Crippen LogP contribution >= 0.6 is 11.6 Å². The summed E-state index contributed by atoms with van der Waals surface area (Å²) in [6.07, 6.45) is -4.59. The lowest BCUT2D eigenvalue weighted by Gasteiger charge is -2.22. The van der Waals surface area contributed by atoms with E-state index in [0.717, 1.165) is 12.1 Å². The lowest BCUT2D eigenvalue weighted by molar-refractivity contribution is -0.137. The van der Waals surface area contributed by atoms with Crippen molar-refractivity contribution in [1.82, 2.24) is 0 Å². The third kappa shape index (κ3) is 3.79. The number of alkyl halides is 4. The second-order valence-corrected chi connectivity index (χ2v) is 5.15. The Kier molecular flexibility index (Phi) is 4.91. The molecule has 112 valence electrons. The molecule has 3 nitrogen and oxygen atoms in total. The van der Waals surface area contributed by atoms with Crippen LogP contribution in [0.4, 0.5) is 18.9 Å². The number of amides is 1. The van der Waals surface area contributed by atoms with Crippen molar-refractivity contribution in [1.29, 1.82) is 0 Å². The number of carbonyl (C=O) groups is 1. The van der Waals surface area contributed by atoms with Crippen LogP contribution in [0.15, 0.2) is 18.2 Å². The van der Waals surface area contributed by atoms with Crippen LogP contribution in [0.3, 0.4) is 0 Å². The van der Waals surface area contributed by atoms with Crippen molar-refractivity contribution in [2.75, 3.05) is 18.3 Å². The van der Waals surface area contributed by atoms with Crippen molar-refractivity contribution in [3.63, 3.8) is 0 Å². The highest BCUT2D eigenvalue weighted by Gasteiger charge is 2.36. The van der Waals surface area contributed by atoms with E-state index in [4.69, 9.17) is 16.3 Å². The smallest absolute Gasteiger partial charge is 0.418 e. The molecule has 1 amide bonds. The van der Waals surface area contributed by atoms with E-state index in [1.54, 1.807) is 13.8 Å². The SMILES string of the molecule is COc1ccc(NC(=O)C(C)(C)CCl)c(C(F)(F)F)c1. The number of hydrogen-bond acceptors (Lipinski definition) is 2. The van der Waals surface area contributed by atoms with Crippen LogP contribution in [0.2, 0.25) is 0 Å². The fourth-order valence-corrected chi connectivity index (χ4v) is 1.47. The van der Waals surface area contributed by atoms with Gasteiger partial charge in [0.2, 0.25) is 5.91 Å². The van der Waals surface area contributed by atoms with Crippen LogP contribution in [0.25, 0.3) is 0 Å². The maximum atomic E-state index is 13.0. The Bertz CT molecular complexity index is 501. The van der Waals surface area contributed by atoms with Gasteiger partial charge in [-0.2, -0.15) is 13.2 Å². The third-order valence-corrected chi connectivity index (χ3v) is 3.40. The molecule has 0 aliphatic carbocycles. The summed E-state index contributed by atoms with van der Waals surface area (Å²) >= 11 is 5.63. The zero-order valence-corrected chi connectivity index (χ0v) is 12.0. The fourth-order valence-electron chi connectivity index (χ4n) is 1.35. The molecule has 7 heteroatoms. The Morgan fingerprint density at radius 1 is 1.35 bits per heavy atom. The van der Waals surface area contributed by atoms with Gasteiger partial charge < -0.3 is 10.1 Å². The highest BCUT2D eigenvalue weighted by molar-refractivity contribution is 6.20. The minimum atomic E-state index is -4.59. The number of rotatable bonds is 4. The first-order chi connectivity index (χ1) is 9.11. The molecule has 0 aromatic heterocycles. The molecule has 0 fully saturated rings. The summed E-state index contributed by atoms with van der Waals surface area (Å²) in [7, 11) is 1.27. The molecule has 1 rings (SSSR count). The summed E-state index contributed by atoms with van der Waals surface area (Å²) in [5.74, 6) is -0.522. The highest BCUT2D eigenvalue weighted by Crippen LogP contribution is 2.37. The molecule has 0 saturated heterocycles. The normalized spacial score (nSPS) is 12.2. The molecule has 0 bridgehead atoms. The molecule has 0 saturated carbocycles. The third-order valence-electron chi connectivity index (χ3n) is 2.73. The highest BCUT2D eigenvalue weighted by atomic mass is 35.5. The van der Waals surface area contributed by atoms with E-state index in [2.05, 4.69) is 5.32 Å². The first kappa shape index (κ1) is 16.6. The monoisotopic (exact) mass is 309 g/mol. The topological polar surface area (TPSA) is 38.3 Å². The van der Waals surface area contributed by atoms with Gasteiger partial charge >= 0.3 is 6.18 Å². The van der Waals surface area contributed by atoms with Gasteiger partial charge in [-0.25, -0.2) is 0 Å². The van der Waals surface area contributed by atoms with Crippen molar-refractivity contribution in [3.8, 4) is 5.75 Å². The van der Waals surface area contributed by atoms with Crippen molar-refractivity contribution >= 4 is 23.2 Å². The number of nitrogens with one attached hydrogen (secondary N) is 1. The van der Waals surface area contributed by atoms with E-state index in [-0.39, 0.29) is 17.3 Å². The van der Waals surface area contributed by atoms with Gasteiger partial charge in [-0.3, -0.25) is 4.79 Å². The lowest BCUT2D eigenvalue weighted by Crippen LogP contribution is -2.33. The molecule has 0 aliphatic rings. The predicted molar refractivity (Wildman–Crippen MR) is 71.1 cm³/mol. The molecular formula is C13H15ClF3NO2. The maximum absolute atomic E-state index is 13.0. The molecule has 0 unspecified atom stereocenters. The van der Waals surface area contributed by atoms with Gasteiger partial charge in [0.05, 0.1) is 23.8 Å². The second kappa shape index (κ2) is 5.91.